The number of piperidine rings is 1. The van der Waals surface area contributed by atoms with Crippen molar-refractivity contribution in [3.8, 4) is 22.9 Å². The van der Waals surface area contributed by atoms with Crippen molar-refractivity contribution in [2.24, 2.45) is 4.99 Å². The molecule has 0 bridgehead atoms. The van der Waals surface area contributed by atoms with Crippen LogP contribution in [-0.4, -0.2) is 87.6 Å². The van der Waals surface area contributed by atoms with Gasteiger partial charge >= 0.3 is 7.12 Å². The minimum atomic E-state index is -1.11. The number of aromatic nitrogens is 3. The first-order chi connectivity index (χ1) is 32.9. The van der Waals surface area contributed by atoms with Crippen LogP contribution in [0.3, 0.4) is 0 Å². The van der Waals surface area contributed by atoms with Crippen LogP contribution in [0.2, 0.25) is 5.02 Å². The lowest BCUT2D eigenvalue weighted by Crippen LogP contribution is -2.54. The standard InChI is InChI=1S/C49H40BClN8O9/c1-26-56-57-45-36(54-43(28-11-15-31(51)16-12-28)35-23-32(66-2)17-18-37(35)58(26)45)24-41(61)52-22-21-27-9-13-30(14-10-27)50-67-39-8-4-7-34(44(39)68-50)46(62)53-25-29-5-3-6-33-42(29)49(65)59(48(33)64)38-19-20-40(60)55-47(38)63/h3-18,23,36,38H,19-22,24-25H2,1-2H3,(H,52,61)(H,53,62)(H,55,60,63)/t36-,38?/m0/s1. The van der Waals surface area contributed by atoms with E-state index in [4.69, 9.17) is 30.6 Å². The van der Waals surface area contributed by atoms with Crippen molar-refractivity contribution in [2.75, 3.05) is 13.7 Å². The number of benzene rings is 5. The molecule has 2 atom stereocenters. The second kappa shape index (κ2) is 17.9. The number of rotatable bonds is 12. The van der Waals surface area contributed by atoms with Crippen molar-refractivity contribution in [2.45, 2.75) is 51.2 Å². The zero-order chi connectivity index (χ0) is 47.2. The van der Waals surface area contributed by atoms with Crippen molar-refractivity contribution in [1.82, 2.24) is 35.6 Å². The van der Waals surface area contributed by atoms with Gasteiger partial charge in [-0.05, 0) is 79.4 Å². The van der Waals surface area contributed by atoms with E-state index in [1.165, 1.54) is 6.07 Å². The Hall–Kier alpha value is -8.12. The van der Waals surface area contributed by atoms with Crippen LogP contribution in [0.25, 0.3) is 5.69 Å². The van der Waals surface area contributed by atoms with Gasteiger partial charge in [-0.15, -0.1) is 10.2 Å². The van der Waals surface area contributed by atoms with Gasteiger partial charge in [0.2, 0.25) is 17.7 Å². The van der Waals surface area contributed by atoms with Crippen LogP contribution >= 0.6 is 11.6 Å². The summed E-state index contributed by atoms with van der Waals surface area (Å²) in [6.07, 6.45) is 0.589. The topological polar surface area (TPSA) is 213 Å². The Morgan fingerprint density at radius 1 is 0.897 bits per heavy atom. The van der Waals surface area contributed by atoms with E-state index in [0.717, 1.165) is 27.3 Å². The fraction of sp³-hybridized carbons (Fsp3) is 0.204. The molecule has 10 rings (SSSR count). The number of hydrogen-bond acceptors (Lipinski definition) is 12. The molecule has 1 unspecified atom stereocenters. The number of halogens is 1. The second-order valence-electron chi connectivity index (χ2n) is 16.5. The predicted octanol–water partition coefficient (Wildman–Crippen LogP) is 4.38. The molecule has 1 fully saturated rings. The number of methoxy groups -OCH3 is 1. The third-order valence-electron chi connectivity index (χ3n) is 12.3. The number of imide groups is 2. The number of nitrogens with one attached hydrogen (secondary N) is 3. The molecule has 0 radical (unpaired) electrons. The van der Waals surface area contributed by atoms with E-state index in [1.807, 2.05) is 66.1 Å². The predicted molar refractivity (Wildman–Crippen MR) is 248 cm³/mol. The molecule has 5 aromatic carbocycles. The maximum Gasteiger partial charge on any atom is 0.632 e. The Bertz CT molecular complexity index is 3120. The number of aliphatic imine (C=N–C) groups is 1. The van der Waals surface area contributed by atoms with E-state index in [2.05, 4.69) is 26.1 Å². The van der Waals surface area contributed by atoms with Gasteiger partial charge in [0.1, 0.15) is 29.4 Å². The molecule has 17 nitrogen and oxygen atoms in total. The summed E-state index contributed by atoms with van der Waals surface area (Å²) in [5, 5.41) is 17.5. The molecule has 6 amide bonds. The largest absolute Gasteiger partial charge is 0.632 e. The van der Waals surface area contributed by atoms with Crippen LogP contribution in [0, 0.1) is 6.92 Å². The summed E-state index contributed by atoms with van der Waals surface area (Å²) in [5.74, 6) is -0.725. The Balaban J connectivity index is 0.766. The van der Waals surface area contributed by atoms with Gasteiger partial charge in [-0.2, -0.15) is 0 Å². The number of carbonyl (C=O) groups is 6. The van der Waals surface area contributed by atoms with Gasteiger partial charge in [0, 0.05) is 41.1 Å². The molecule has 340 valence electrons. The highest BCUT2D eigenvalue weighted by molar-refractivity contribution is 6.63. The van der Waals surface area contributed by atoms with Crippen LogP contribution in [0.5, 0.6) is 17.2 Å². The number of hydrogen-bond donors (Lipinski definition) is 3. The highest BCUT2D eigenvalue weighted by Crippen LogP contribution is 2.38. The summed E-state index contributed by atoms with van der Waals surface area (Å²) in [6, 6.07) is 28.6. The Morgan fingerprint density at radius 3 is 2.47 bits per heavy atom. The average molecular weight is 931 g/mol. The molecule has 4 aliphatic heterocycles. The van der Waals surface area contributed by atoms with E-state index in [0.29, 0.717) is 57.9 Å². The molecule has 1 aromatic heterocycles. The Kier molecular flexibility index (Phi) is 11.5. The van der Waals surface area contributed by atoms with Crippen LogP contribution in [-0.2, 0) is 27.3 Å². The van der Waals surface area contributed by atoms with Gasteiger partial charge in [-0.25, -0.2) is 0 Å². The number of amides is 6. The summed E-state index contributed by atoms with van der Waals surface area (Å²) >= 11 is 6.25. The van der Waals surface area contributed by atoms with Crippen LogP contribution in [0.1, 0.15) is 90.3 Å². The van der Waals surface area contributed by atoms with E-state index in [-0.39, 0.29) is 54.2 Å². The van der Waals surface area contributed by atoms with Crippen molar-refractivity contribution in [3.05, 3.63) is 159 Å². The molecule has 0 saturated carbocycles. The molecular formula is C49H40BClN8O9. The summed E-state index contributed by atoms with van der Waals surface area (Å²) < 4.78 is 19.8. The Morgan fingerprint density at radius 2 is 1.69 bits per heavy atom. The Labute approximate surface area is 394 Å². The van der Waals surface area contributed by atoms with Crippen molar-refractivity contribution < 1.29 is 42.8 Å². The van der Waals surface area contributed by atoms with E-state index in [9.17, 15) is 28.8 Å². The van der Waals surface area contributed by atoms with Gasteiger partial charge in [0.05, 0.1) is 41.6 Å². The molecule has 4 aliphatic rings. The lowest BCUT2D eigenvalue weighted by atomic mass is 9.79. The lowest BCUT2D eigenvalue weighted by Gasteiger charge is -2.27. The average Bonchev–Trinajstić information content (AvgIpc) is 4.00. The van der Waals surface area contributed by atoms with Crippen molar-refractivity contribution >= 4 is 65.3 Å². The summed E-state index contributed by atoms with van der Waals surface area (Å²) in [4.78, 5) is 84.4. The second-order valence-corrected chi connectivity index (χ2v) is 17.0. The van der Waals surface area contributed by atoms with Crippen LogP contribution in [0.4, 0.5) is 0 Å². The van der Waals surface area contributed by atoms with Crippen LogP contribution < -0.4 is 35.5 Å². The molecule has 0 aliphatic carbocycles. The third-order valence-corrected chi connectivity index (χ3v) is 12.5. The fourth-order valence-corrected chi connectivity index (χ4v) is 9.03. The summed E-state index contributed by atoms with van der Waals surface area (Å²) in [6.45, 7) is 2.11. The molecule has 3 N–H and O–H groups in total. The highest BCUT2D eigenvalue weighted by atomic mass is 35.5. The SMILES string of the molecule is COc1ccc2c(c1)C(c1ccc(Cl)cc1)=N[C@@H](CC(=O)NCCc1ccc(B3Oc4cccc(C(=O)NCc5cccc6c5C(=O)N(C5CCC(=O)NC5=O)C6=O)c4O3)cc1)c1nnc(C)n1-2. The first-order valence-electron chi connectivity index (χ1n) is 21.8. The third kappa shape index (κ3) is 8.12. The highest BCUT2D eigenvalue weighted by Gasteiger charge is 2.46. The van der Waals surface area contributed by atoms with E-state index in [1.54, 1.807) is 49.6 Å². The quantitative estimate of drug-likeness (QED) is 0.116. The molecule has 19 heteroatoms. The van der Waals surface area contributed by atoms with Gasteiger partial charge in [0.15, 0.2) is 11.6 Å². The van der Waals surface area contributed by atoms with Gasteiger partial charge < -0.3 is 24.7 Å². The summed E-state index contributed by atoms with van der Waals surface area (Å²) in [5.41, 5.74) is 5.56. The number of nitrogens with zero attached hydrogens (tertiary/aromatic N) is 5. The number of ether oxygens (including phenoxy) is 1. The number of para-hydroxylation sites is 1. The maximum atomic E-state index is 13.6. The molecule has 6 aromatic rings. The first-order valence-corrected chi connectivity index (χ1v) is 22.2. The lowest BCUT2D eigenvalue weighted by molar-refractivity contribution is -0.136. The zero-order valence-electron chi connectivity index (χ0n) is 36.6. The monoisotopic (exact) mass is 930 g/mol. The molecule has 5 heterocycles. The van der Waals surface area contributed by atoms with Crippen LogP contribution in [0.15, 0.2) is 108 Å². The van der Waals surface area contributed by atoms with Crippen molar-refractivity contribution in [1.29, 1.82) is 0 Å². The van der Waals surface area contributed by atoms with E-state index >= 15 is 0 Å². The zero-order valence-corrected chi connectivity index (χ0v) is 37.3. The summed E-state index contributed by atoms with van der Waals surface area (Å²) in [7, 11) is 0.761. The fourth-order valence-electron chi connectivity index (χ4n) is 8.91. The van der Waals surface area contributed by atoms with Gasteiger partial charge in [-0.3, -0.25) is 48.5 Å². The minimum absolute atomic E-state index is 0.00143. The van der Waals surface area contributed by atoms with E-state index < -0.39 is 48.7 Å². The van der Waals surface area contributed by atoms with Crippen molar-refractivity contribution in [3.63, 3.8) is 0 Å². The molecule has 68 heavy (non-hydrogen) atoms. The number of fused-ring (bicyclic) bond motifs is 5. The van der Waals surface area contributed by atoms with Gasteiger partial charge in [-0.1, -0.05) is 66.2 Å². The number of aryl methyl sites for hydroxylation is 1. The normalized spacial score (nSPS) is 16.9. The number of carbonyl (C=O) groups excluding carboxylic acids is 6. The molecule has 1 saturated heterocycles. The maximum absolute atomic E-state index is 13.6. The van der Waals surface area contributed by atoms with Gasteiger partial charge in [0.25, 0.3) is 17.7 Å². The smallest absolute Gasteiger partial charge is 0.519 e. The first kappa shape index (κ1) is 43.8. The molecular weight excluding hydrogens is 891 g/mol. The minimum Gasteiger partial charge on any atom is -0.519 e. The molecule has 0 spiro atoms.